The number of rotatable bonds is 6. The number of hydrogen-bond acceptors (Lipinski definition) is 5. The van der Waals surface area contributed by atoms with Gasteiger partial charge < -0.3 is 19.9 Å². The number of piperidine rings is 1. The topological polar surface area (TPSA) is 83.3 Å². The van der Waals surface area contributed by atoms with E-state index in [-0.39, 0.29) is 12.5 Å². The van der Waals surface area contributed by atoms with Crippen LogP contribution in [-0.2, 0) is 11.3 Å². The van der Waals surface area contributed by atoms with E-state index in [0.29, 0.717) is 25.9 Å². The van der Waals surface area contributed by atoms with E-state index < -0.39 is 5.60 Å². The van der Waals surface area contributed by atoms with E-state index in [1.165, 1.54) is 0 Å². The number of pyridine rings is 1. The quantitative estimate of drug-likeness (QED) is 0.820. The zero-order valence-electron chi connectivity index (χ0n) is 13.6. The molecule has 1 aliphatic rings. The van der Waals surface area contributed by atoms with Gasteiger partial charge in [-0.05, 0) is 25.0 Å². The summed E-state index contributed by atoms with van der Waals surface area (Å²) < 4.78 is 1.86. The lowest BCUT2D eigenvalue weighted by Gasteiger charge is -2.39. The van der Waals surface area contributed by atoms with Crippen molar-refractivity contribution in [2.75, 3.05) is 24.5 Å². The van der Waals surface area contributed by atoms with Gasteiger partial charge in [0, 0.05) is 51.2 Å². The molecular weight excluding hydrogens is 306 g/mol. The molecule has 1 saturated heterocycles. The van der Waals surface area contributed by atoms with E-state index in [1.54, 1.807) is 18.7 Å². The van der Waals surface area contributed by atoms with E-state index >= 15 is 0 Å². The molecule has 7 nitrogen and oxygen atoms in total. The maximum atomic E-state index is 12.0. The summed E-state index contributed by atoms with van der Waals surface area (Å²) in [5, 5.41) is 13.7. The van der Waals surface area contributed by atoms with Crippen molar-refractivity contribution in [2.24, 2.45) is 0 Å². The largest absolute Gasteiger partial charge is 0.386 e. The molecule has 0 saturated carbocycles. The molecule has 1 fully saturated rings. The molecule has 3 heterocycles. The number of carbonyl (C=O) groups is 1. The smallest absolute Gasteiger partial charge is 0.221 e. The molecule has 0 radical (unpaired) electrons. The van der Waals surface area contributed by atoms with Gasteiger partial charge in [-0.2, -0.15) is 0 Å². The van der Waals surface area contributed by atoms with Crippen LogP contribution in [0.2, 0.25) is 0 Å². The summed E-state index contributed by atoms with van der Waals surface area (Å²) in [6.07, 6.45) is 8.88. The highest BCUT2D eigenvalue weighted by Gasteiger charge is 2.34. The lowest BCUT2D eigenvalue weighted by molar-refractivity contribution is -0.122. The molecule has 7 heteroatoms. The standard InChI is InChI=1S/C17H23N5O2/c23-16(5-10-21-11-8-18-14-21)20-12-17(24)6-3-9-22(13-17)15-4-1-2-7-19-15/h1-2,4,7-8,11,14,24H,3,5-6,9-10,12-13H2,(H,20,23)/t17-/m0/s1. The Morgan fingerprint density at radius 3 is 3.04 bits per heavy atom. The van der Waals surface area contributed by atoms with Gasteiger partial charge in [-0.1, -0.05) is 6.07 Å². The Balaban J connectivity index is 1.49. The molecule has 0 bridgehead atoms. The monoisotopic (exact) mass is 329 g/mol. The van der Waals surface area contributed by atoms with Crippen LogP contribution in [0.3, 0.4) is 0 Å². The molecular formula is C17H23N5O2. The average Bonchev–Trinajstić information content (AvgIpc) is 3.13. The molecule has 1 aliphatic heterocycles. The minimum absolute atomic E-state index is 0.0629. The Morgan fingerprint density at radius 2 is 2.29 bits per heavy atom. The summed E-state index contributed by atoms with van der Waals surface area (Å²) in [7, 11) is 0. The second kappa shape index (κ2) is 7.44. The minimum Gasteiger partial charge on any atom is -0.386 e. The van der Waals surface area contributed by atoms with Gasteiger partial charge in [-0.15, -0.1) is 0 Å². The van der Waals surface area contributed by atoms with Crippen LogP contribution in [0.25, 0.3) is 0 Å². The highest BCUT2D eigenvalue weighted by molar-refractivity contribution is 5.75. The summed E-state index contributed by atoms with van der Waals surface area (Å²) >= 11 is 0. The molecule has 3 rings (SSSR count). The first-order valence-corrected chi connectivity index (χ1v) is 8.25. The van der Waals surface area contributed by atoms with Crippen molar-refractivity contribution in [3.05, 3.63) is 43.1 Å². The Morgan fingerprint density at radius 1 is 1.38 bits per heavy atom. The van der Waals surface area contributed by atoms with Crippen LogP contribution in [0.4, 0.5) is 5.82 Å². The molecule has 2 aromatic heterocycles. The Hall–Kier alpha value is -2.41. The predicted octanol–water partition coefficient (Wildman–Crippen LogP) is 0.816. The Labute approximate surface area is 141 Å². The first-order chi connectivity index (χ1) is 11.6. The van der Waals surface area contributed by atoms with Crippen LogP contribution < -0.4 is 10.2 Å². The third kappa shape index (κ3) is 4.32. The maximum Gasteiger partial charge on any atom is 0.221 e. The van der Waals surface area contributed by atoms with Crippen molar-refractivity contribution >= 4 is 11.7 Å². The van der Waals surface area contributed by atoms with Gasteiger partial charge in [-0.25, -0.2) is 9.97 Å². The summed E-state index contributed by atoms with van der Waals surface area (Å²) in [4.78, 5) is 22.4. The molecule has 0 unspecified atom stereocenters. The number of amides is 1. The number of hydrogen-bond donors (Lipinski definition) is 2. The van der Waals surface area contributed by atoms with Crippen molar-refractivity contribution in [1.29, 1.82) is 0 Å². The zero-order chi connectivity index (χ0) is 16.8. The van der Waals surface area contributed by atoms with E-state index in [1.807, 2.05) is 29.0 Å². The Bertz CT molecular complexity index is 646. The molecule has 1 amide bonds. The summed E-state index contributed by atoms with van der Waals surface area (Å²) in [5.41, 5.74) is -0.916. The fourth-order valence-corrected chi connectivity index (χ4v) is 2.99. The highest BCUT2D eigenvalue weighted by Crippen LogP contribution is 2.24. The lowest BCUT2D eigenvalue weighted by atomic mass is 9.92. The maximum absolute atomic E-state index is 12.0. The van der Waals surface area contributed by atoms with E-state index in [2.05, 4.69) is 20.2 Å². The summed E-state index contributed by atoms with van der Waals surface area (Å²) in [6.45, 7) is 2.20. The van der Waals surface area contributed by atoms with Crippen LogP contribution >= 0.6 is 0 Å². The van der Waals surface area contributed by atoms with Gasteiger partial charge in [0.05, 0.1) is 11.9 Å². The van der Waals surface area contributed by atoms with Crippen LogP contribution in [0.1, 0.15) is 19.3 Å². The number of carbonyl (C=O) groups excluding carboxylic acids is 1. The molecule has 128 valence electrons. The van der Waals surface area contributed by atoms with Crippen molar-refractivity contribution < 1.29 is 9.90 Å². The van der Waals surface area contributed by atoms with Gasteiger partial charge in [-0.3, -0.25) is 4.79 Å². The molecule has 24 heavy (non-hydrogen) atoms. The van der Waals surface area contributed by atoms with Gasteiger partial charge in [0.2, 0.25) is 5.91 Å². The van der Waals surface area contributed by atoms with Crippen molar-refractivity contribution in [1.82, 2.24) is 19.9 Å². The normalized spacial score (nSPS) is 20.8. The van der Waals surface area contributed by atoms with Crippen LogP contribution in [-0.4, -0.2) is 50.8 Å². The van der Waals surface area contributed by atoms with Crippen molar-refractivity contribution in [3.63, 3.8) is 0 Å². The van der Waals surface area contributed by atoms with E-state index in [9.17, 15) is 9.90 Å². The number of aromatic nitrogens is 3. The van der Waals surface area contributed by atoms with Crippen molar-refractivity contribution in [3.8, 4) is 0 Å². The predicted molar refractivity (Wildman–Crippen MR) is 90.5 cm³/mol. The molecule has 0 aliphatic carbocycles. The second-order valence-electron chi connectivity index (χ2n) is 6.26. The first kappa shape index (κ1) is 16.4. The van der Waals surface area contributed by atoms with E-state index in [0.717, 1.165) is 18.8 Å². The number of nitrogens with one attached hydrogen (secondary N) is 1. The highest BCUT2D eigenvalue weighted by atomic mass is 16.3. The van der Waals surface area contributed by atoms with Crippen molar-refractivity contribution in [2.45, 2.75) is 31.4 Å². The number of aliphatic hydroxyl groups is 1. The molecule has 2 aromatic rings. The number of aryl methyl sites for hydroxylation is 1. The van der Waals surface area contributed by atoms with Crippen LogP contribution in [0.15, 0.2) is 43.1 Å². The fraction of sp³-hybridized carbons (Fsp3) is 0.471. The molecule has 0 spiro atoms. The number of β-amino-alcohol motifs (C(OH)–C–C–N with tert-alkyl or cyclic N) is 1. The molecule has 2 N–H and O–H groups in total. The number of imidazole rings is 1. The lowest BCUT2D eigenvalue weighted by Crippen LogP contribution is -2.54. The first-order valence-electron chi connectivity index (χ1n) is 8.25. The minimum atomic E-state index is -0.916. The SMILES string of the molecule is O=C(CCn1ccnc1)NC[C@@]1(O)CCCN(c2ccccn2)C1. The molecule has 1 atom stereocenters. The summed E-state index contributed by atoms with van der Waals surface area (Å²) in [5.74, 6) is 0.800. The van der Waals surface area contributed by atoms with E-state index in [4.69, 9.17) is 0 Å². The molecule has 0 aromatic carbocycles. The number of anilines is 1. The van der Waals surface area contributed by atoms with Gasteiger partial charge in [0.1, 0.15) is 5.82 Å². The average molecular weight is 329 g/mol. The van der Waals surface area contributed by atoms with Gasteiger partial charge >= 0.3 is 0 Å². The van der Waals surface area contributed by atoms with Crippen LogP contribution in [0, 0.1) is 0 Å². The Kier molecular flexibility index (Phi) is 5.10. The third-order valence-electron chi connectivity index (χ3n) is 4.30. The van der Waals surface area contributed by atoms with Gasteiger partial charge in [0.15, 0.2) is 0 Å². The van der Waals surface area contributed by atoms with Crippen LogP contribution in [0.5, 0.6) is 0 Å². The number of nitrogens with zero attached hydrogens (tertiary/aromatic N) is 4. The van der Waals surface area contributed by atoms with Gasteiger partial charge in [0.25, 0.3) is 0 Å². The fourth-order valence-electron chi connectivity index (χ4n) is 2.99. The third-order valence-corrected chi connectivity index (χ3v) is 4.30. The zero-order valence-corrected chi connectivity index (χ0v) is 13.6. The second-order valence-corrected chi connectivity index (χ2v) is 6.26. The summed E-state index contributed by atoms with van der Waals surface area (Å²) in [6, 6.07) is 5.75.